The summed E-state index contributed by atoms with van der Waals surface area (Å²) in [7, 11) is 0. The van der Waals surface area contributed by atoms with Gasteiger partial charge in [-0.25, -0.2) is 0 Å². The van der Waals surface area contributed by atoms with E-state index in [9.17, 15) is 4.79 Å². The molecule has 1 N–H and O–H groups in total. The maximum atomic E-state index is 12.5. The van der Waals surface area contributed by atoms with Gasteiger partial charge in [0.05, 0.1) is 0 Å². The quantitative estimate of drug-likeness (QED) is 0.505. The SMILES string of the molecule is CCN/N=C(\C(=O)c1ccccc1)c1ccccc1. The number of hydrogen-bond acceptors (Lipinski definition) is 3. The first-order valence-electron chi connectivity index (χ1n) is 6.28. The summed E-state index contributed by atoms with van der Waals surface area (Å²) in [4.78, 5) is 12.5. The lowest BCUT2D eigenvalue weighted by atomic mass is 10.0. The van der Waals surface area contributed by atoms with E-state index >= 15 is 0 Å². The Bertz CT molecular complexity index is 562. The molecule has 0 saturated heterocycles. The van der Waals surface area contributed by atoms with Crippen LogP contribution in [0.1, 0.15) is 22.8 Å². The Labute approximate surface area is 113 Å². The molecule has 0 heterocycles. The Morgan fingerprint density at radius 1 is 0.947 bits per heavy atom. The maximum Gasteiger partial charge on any atom is 0.213 e. The van der Waals surface area contributed by atoms with Crippen molar-refractivity contribution in [1.29, 1.82) is 0 Å². The fourth-order valence-electron chi connectivity index (χ4n) is 1.73. The average Bonchev–Trinajstić information content (AvgIpc) is 2.49. The van der Waals surface area contributed by atoms with Crippen molar-refractivity contribution in [2.45, 2.75) is 6.92 Å². The van der Waals surface area contributed by atoms with Gasteiger partial charge in [0.2, 0.25) is 5.78 Å². The van der Waals surface area contributed by atoms with E-state index in [1.54, 1.807) is 12.1 Å². The van der Waals surface area contributed by atoms with Gasteiger partial charge < -0.3 is 5.43 Å². The van der Waals surface area contributed by atoms with Gasteiger partial charge in [0.25, 0.3) is 0 Å². The van der Waals surface area contributed by atoms with Crippen LogP contribution in [0.4, 0.5) is 0 Å². The molecule has 0 radical (unpaired) electrons. The van der Waals surface area contributed by atoms with E-state index in [0.717, 1.165) is 5.56 Å². The molecule has 3 heteroatoms. The predicted molar refractivity (Wildman–Crippen MR) is 77.4 cm³/mol. The molecule has 0 bridgehead atoms. The fraction of sp³-hybridized carbons (Fsp3) is 0.125. The van der Waals surface area contributed by atoms with Crippen LogP contribution in [-0.2, 0) is 0 Å². The molecule has 19 heavy (non-hydrogen) atoms. The van der Waals surface area contributed by atoms with Crippen LogP contribution >= 0.6 is 0 Å². The van der Waals surface area contributed by atoms with Crippen molar-refractivity contribution >= 4 is 11.5 Å². The van der Waals surface area contributed by atoms with E-state index in [1.165, 1.54) is 0 Å². The van der Waals surface area contributed by atoms with Gasteiger partial charge in [-0.2, -0.15) is 5.10 Å². The van der Waals surface area contributed by atoms with Crippen LogP contribution in [0.5, 0.6) is 0 Å². The van der Waals surface area contributed by atoms with Crippen LogP contribution in [0.3, 0.4) is 0 Å². The van der Waals surface area contributed by atoms with Gasteiger partial charge in [-0.15, -0.1) is 0 Å². The minimum atomic E-state index is -0.0762. The molecule has 0 aliphatic carbocycles. The second kappa shape index (κ2) is 6.50. The lowest BCUT2D eigenvalue weighted by Gasteiger charge is -2.06. The van der Waals surface area contributed by atoms with Gasteiger partial charge in [0.1, 0.15) is 5.71 Å². The molecule has 96 valence electrons. The summed E-state index contributed by atoms with van der Waals surface area (Å²) in [6, 6.07) is 18.7. The molecular weight excluding hydrogens is 236 g/mol. The minimum Gasteiger partial charge on any atom is -0.310 e. The highest BCUT2D eigenvalue weighted by molar-refractivity contribution is 6.51. The molecule has 0 aliphatic rings. The summed E-state index contributed by atoms with van der Waals surface area (Å²) >= 11 is 0. The summed E-state index contributed by atoms with van der Waals surface area (Å²) in [6.07, 6.45) is 0. The van der Waals surface area contributed by atoms with E-state index in [2.05, 4.69) is 10.5 Å². The molecular formula is C16H16N2O. The molecule has 0 unspecified atom stereocenters. The van der Waals surface area contributed by atoms with Crippen LogP contribution in [0.15, 0.2) is 65.8 Å². The first-order chi connectivity index (χ1) is 9.33. The van der Waals surface area contributed by atoms with Crippen LogP contribution in [0.2, 0.25) is 0 Å². The topological polar surface area (TPSA) is 41.5 Å². The molecule has 0 atom stereocenters. The van der Waals surface area contributed by atoms with Crippen LogP contribution in [0, 0.1) is 0 Å². The predicted octanol–water partition coefficient (Wildman–Crippen LogP) is 2.88. The van der Waals surface area contributed by atoms with E-state index in [-0.39, 0.29) is 5.78 Å². The number of nitrogens with one attached hydrogen (secondary N) is 1. The molecule has 0 amide bonds. The van der Waals surface area contributed by atoms with Crippen LogP contribution < -0.4 is 5.43 Å². The summed E-state index contributed by atoms with van der Waals surface area (Å²) in [5, 5.41) is 4.21. The first kappa shape index (κ1) is 13.0. The van der Waals surface area contributed by atoms with E-state index in [0.29, 0.717) is 17.8 Å². The normalized spacial score (nSPS) is 11.1. The third kappa shape index (κ3) is 3.28. The Morgan fingerprint density at radius 2 is 1.47 bits per heavy atom. The molecule has 0 aromatic heterocycles. The van der Waals surface area contributed by atoms with Gasteiger partial charge in [-0.3, -0.25) is 4.79 Å². The lowest BCUT2D eigenvalue weighted by molar-refractivity contribution is 0.106. The van der Waals surface area contributed by atoms with E-state index in [1.807, 2.05) is 55.5 Å². The monoisotopic (exact) mass is 252 g/mol. The van der Waals surface area contributed by atoms with E-state index < -0.39 is 0 Å². The molecule has 2 aromatic carbocycles. The standard InChI is InChI=1S/C16H16N2O/c1-2-17-18-15(13-9-5-3-6-10-13)16(19)14-11-7-4-8-12-14/h3-12,17H,2H2,1H3/b18-15-. The Balaban J connectivity index is 2.37. The summed E-state index contributed by atoms with van der Waals surface area (Å²) in [6.45, 7) is 2.62. The molecule has 3 nitrogen and oxygen atoms in total. The van der Waals surface area contributed by atoms with Gasteiger partial charge in [0, 0.05) is 17.7 Å². The van der Waals surface area contributed by atoms with Gasteiger partial charge in [0.15, 0.2) is 0 Å². The number of benzene rings is 2. The van der Waals surface area contributed by atoms with E-state index in [4.69, 9.17) is 0 Å². The third-order valence-electron chi connectivity index (χ3n) is 2.65. The Hall–Kier alpha value is -2.42. The fourth-order valence-corrected chi connectivity index (χ4v) is 1.73. The summed E-state index contributed by atoms with van der Waals surface area (Å²) in [5.74, 6) is -0.0762. The Morgan fingerprint density at radius 3 is 2.00 bits per heavy atom. The van der Waals surface area contributed by atoms with Gasteiger partial charge in [-0.05, 0) is 6.92 Å². The highest BCUT2D eigenvalue weighted by atomic mass is 16.1. The number of nitrogens with zero attached hydrogens (tertiary/aromatic N) is 1. The smallest absolute Gasteiger partial charge is 0.213 e. The first-order valence-corrected chi connectivity index (χ1v) is 6.28. The second-order valence-corrected chi connectivity index (χ2v) is 4.03. The summed E-state index contributed by atoms with van der Waals surface area (Å²) in [5.41, 5.74) is 4.76. The second-order valence-electron chi connectivity index (χ2n) is 4.03. The van der Waals surface area contributed by atoms with Crippen molar-refractivity contribution in [2.75, 3.05) is 6.54 Å². The molecule has 2 rings (SSSR count). The third-order valence-corrected chi connectivity index (χ3v) is 2.65. The molecule has 0 aliphatic heterocycles. The zero-order valence-corrected chi connectivity index (χ0v) is 10.8. The number of hydrazone groups is 1. The number of rotatable bonds is 5. The molecule has 0 spiro atoms. The Kier molecular flexibility index (Phi) is 4.45. The average molecular weight is 252 g/mol. The number of hydrogen-bond donors (Lipinski definition) is 1. The van der Waals surface area contributed by atoms with Gasteiger partial charge >= 0.3 is 0 Å². The van der Waals surface area contributed by atoms with Crippen molar-refractivity contribution in [1.82, 2.24) is 5.43 Å². The van der Waals surface area contributed by atoms with Crippen molar-refractivity contribution in [3.05, 3.63) is 71.8 Å². The van der Waals surface area contributed by atoms with Crippen LogP contribution in [-0.4, -0.2) is 18.0 Å². The van der Waals surface area contributed by atoms with Crippen molar-refractivity contribution in [2.24, 2.45) is 5.10 Å². The maximum absolute atomic E-state index is 12.5. The number of carbonyl (C=O) groups is 1. The summed E-state index contributed by atoms with van der Waals surface area (Å²) < 4.78 is 0. The lowest BCUT2D eigenvalue weighted by Crippen LogP contribution is -2.20. The zero-order chi connectivity index (χ0) is 13.5. The minimum absolute atomic E-state index is 0.0762. The molecule has 2 aromatic rings. The molecule has 0 fully saturated rings. The number of carbonyl (C=O) groups excluding carboxylic acids is 1. The zero-order valence-electron chi connectivity index (χ0n) is 10.8. The van der Waals surface area contributed by atoms with Crippen molar-refractivity contribution < 1.29 is 4.79 Å². The van der Waals surface area contributed by atoms with Crippen molar-refractivity contribution in [3.8, 4) is 0 Å². The molecule has 0 saturated carbocycles. The van der Waals surface area contributed by atoms with Gasteiger partial charge in [-0.1, -0.05) is 60.7 Å². The highest BCUT2D eigenvalue weighted by Gasteiger charge is 2.15. The van der Waals surface area contributed by atoms with Crippen molar-refractivity contribution in [3.63, 3.8) is 0 Å². The highest BCUT2D eigenvalue weighted by Crippen LogP contribution is 2.08. The number of Topliss-reactive ketones (excluding diaryl/α,β-unsaturated/α-hetero) is 1. The largest absolute Gasteiger partial charge is 0.310 e. The number of ketones is 1. The van der Waals surface area contributed by atoms with Crippen LogP contribution in [0.25, 0.3) is 0 Å².